The maximum atomic E-state index is 12.3. The van der Waals surface area contributed by atoms with Gasteiger partial charge in [-0.05, 0) is 12.1 Å². The molecular formula is C12H16N4O3S. The highest BCUT2D eigenvalue weighted by Gasteiger charge is 2.19. The second-order valence-corrected chi connectivity index (χ2v) is 5.92. The number of nitrogens with two attached hydrogens (primary N) is 1. The topological polar surface area (TPSA) is 99.2 Å². The van der Waals surface area contributed by atoms with E-state index in [2.05, 4.69) is 9.71 Å². The molecule has 8 heteroatoms. The Bertz CT molecular complexity index is 709. The smallest absolute Gasteiger partial charge is 0.244 e. The van der Waals surface area contributed by atoms with Crippen molar-refractivity contribution in [2.24, 2.45) is 7.05 Å². The van der Waals surface area contributed by atoms with E-state index in [4.69, 9.17) is 10.5 Å². The van der Waals surface area contributed by atoms with Crippen molar-refractivity contribution in [3.63, 3.8) is 0 Å². The molecule has 0 saturated heterocycles. The normalized spacial score (nSPS) is 11.5. The molecule has 0 bridgehead atoms. The van der Waals surface area contributed by atoms with Gasteiger partial charge in [-0.3, -0.25) is 0 Å². The maximum Gasteiger partial charge on any atom is 0.244 e. The molecule has 0 saturated carbocycles. The molecule has 0 radical (unpaired) electrons. The molecule has 2 aromatic rings. The molecule has 1 aromatic heterocycles. The molecule has 108 valence electrons. The van der Waals surface area contributed by atoms with E-state index < -0.39 is 10.0 Å². The zero-order chi connectivity index (χ0) is 14.8. The molecule has 0 amide bonds. The van der Waals surface area contributed by atoms with Gasteiger partial charge in [0.2, 0.25) is 10.0 Å². The molecule has 1 heterocycles. The van der Waals surface area contributed by atoms with E-state index in [1.54, 1.807) is 24.0 Å². The highest BCUT2D eigenvalue weighted by Crippen LogP contribution is 2.25. The number of ether oxygens (including phenoxy) is 1. The number of nitrogens with zero attached hydrogens (tertiary/aromatic N) is 2. The predicted molar refractivity (Wildman–Crippen MR) is 74.6 cm³/mol. The number of nitrogens with one attached hydrogen (secondary N) is 1. The summed E-state index contributed by atoms with van der Waals surface area (Å²) in [4.78, 5) is 4.10. The van der Waals surface area contributed by atoms with Crippen LogP contribution in [0.25, 0.3) is 0 Å². The van der Waals surface area contributed by atoms with E-state index in [1.807, 2.05) is 0 Å². The monoisotopic (exact) mass is 296 g/mol. The van der Waals surface area contributed by atoms with E-state index in [-0.39, 0.29) is 17.2 Å². The lowest BCUT2D eigenvalue weighted by atomic mass is 10.3. The van der Waals surface area contributed by atoms with Gasteiger partial charge in [-0.2, -0.15) is 0 Å². The van der Waals surface area contributed by atoms with Crippen LogP contribution in [-0.4, -0.2) is 25.1 Å². The molecule has 0 fully saturated rings. The van der Waals surface area contributed by atoms with Gasteiger partial charge < -0.3 is 15.0 Å². The summed E-state index contributed by atoms with van der Waals surface area (Å²) in [6.45, 7) is 0.0966. The molecule has 3 N–H and O–H groups in total. The Kier molecular flexibility index (Phi) is 3.96. The lowest BCUT2D eigenvalue weighted by Gasteiger charge is -2.11. The second-order valence-electron chi connectivity index (χ2n) is 4.19. The first-order chi connectivity index (χ1) is 9.44. The van der Waals surface area contributed by atoms with Gasteiger partial charge in [0.1, 0.15) is 16.5 Å². The summed E-state index contributed by atoms with van der Waals surface area (Å²) in [7, 11) is -0.509. The summed E-state index contributed by atoms with van der Waals surface area (Å²) in [5.74, 6) is 0.820. The number of benzene rings is 1. The van der Waals surface area contributed by atoms with Gasteiger partial charge >= 0.3 is 0 Å². The Balaban J connectivity index is 2.25. The number of hydrogen-bond acceptors (Lipinski definition) is 5. The summed E-state index contributed by atoms with van der Waals surface area (Å²) in [6, 6.07) is 4.39. The van der Waals surface area contributed by atoms with Crippen molar-refractivity contribution in [1.29, 1.82) is 0 Å². The van der Waals surface area contributed by atoms with Crippen LogP contribution in [0.5, 0.6) is 5.75 Å². The molecule has 0 aliphatic rings. The van der Waals surface area contributed by atoms with Crippen LogP contribution in [0.1, 0.15) is 5.82 Å². The van der Waals surface area contributed by atoms with Crippen molar-refractivity contribution in [2.45, 2.75) is 11.4 Å². The maximum absolute atomic E-state index is 12.3. The number of nitrogen functional groups attached to an aromatic ring is 1. The zero-order valence-electron chi connectivity index (χ0n) is 11.2. The summed E-state index contributed by atoms with van der Waals surface area (Å²) >= 11 is 0. The van der Waals surface area contributed by atoms with Crippen LogP contribution >= 0.6 is 0 Å². The van der Waals surface area contributed by atoms with E-state index in [9.17, 15) is 8.42 Å². The first-order valence-corrected chi connectivity index (χ1v) is 7.32. The number of aromatic nitrogens is 2. The van der Waals surface area contributed by atoms with E-state index in [0.29, 0.717) is 11.5 Å². The number of rotatable bonds is 5. The lowest BCUT2D eigenvalue weighted by Crippen LogP contribution is -2.25. The SMILES string of the molecule is COc1cc(N)ccc1S(=O)(=O)NCc1nccn1C. The fourth-order valence-corrected chi connectivity index (χ4v) is 2.84. The van der Waals surface area contributed by atoms with Crippen molar-refractivity contribution < 1.29 is 13.2 Å². The summed E-state index contributed by atoms with van der Waals surface area (Å²) in [5.41, 5.74) is 6.04. The zero-order valence-corrected chi connectivity index (χ0v) is 12.0. The molecule has 0 aliphatic carbocycles. The fraction of sp³-hybridized carbons (Fsp3) is 0.250. The standard InChI is InChI=1S/C12H16N4O3S/c1-16-6-5-14-12(16)8-15-20(17,18)11-4-3-9(13)7-10(11)19-2/h3-7,15H,8,13H2,1-2H3. The first kappa shape index (κ1) is 14.4. The highest BCUT2D eigenvalue weighted by molar-refractivity contribution is 7.89. The van der Waals surface area contributed by atoms with Crippen LogP contribution in [-0.2, 0) is 23.6 Å². The van der Waals surface area contributed by atoms with Crippen LogP contribution in [0.2, 0.25) is 0 Å². The number of hydrogen-bond donors (Lipinski definition) is 2. The minimum absolute atomic E-state index is 0.0448. The van der Waals surface area contributed by atoms with Gasteiger partial charge in [-0.15, -0.1) is 0 Å². The lowest BCUT2D eigenvalue weighted by molar-refractivity contribution is 0.402. The average molecular weight is 296 g/mol. The number of imidazole rings is 1. The molecule has 0 aliphatic heterocycles. The summed E-state index contributed by atoms with van der Waals surface area (Å²) in [5, 5.41) is 0. The highest BCUT2D eigenvalue weighted by atomic mass is 32.2. The third-order valence-electron chi connectivity index (χ3n) is 2.82. The van der Waals surface area contributed by atoms with Crippen molar-refractivity contribution >= 4 is 15.7 Å². The predicted octanol–water partition coefficient (Wildman–Crippen LogP) is 0.489. The molecule has 0 atom stereocenters. The Hall–Kier alpha value is -2.06. The Morgan fingerprint density at radius 1 is 1.45 bits per heavy atom. The van der Waals surface area contributed by atoms with Gasteiger partial charge in [0.05, 0.1) is 13.7 Å². The summed E-state index contributed by atoms with van der Waals surface area (Å²) < 4.78 is 33.8. The molecule has 0 unspecified atom stereocenters. The Morgan fingerprint density at radius 2 is 2.20 bits per heavy atom. The van der Waals surface area contributed by atoms with Crippen LogP contribution < -0.4 is 15.2 Å². The average Bonchev–Trinajstić information content (AvgIpc) is 2.81. The number of methoxy groups -OCH3 is 1. The van der Waals surface area contributed by atoms with Gasteiger partial charge in [0.25, 0.3) is 0 Å². The number of sulfonamides is 1. The Labute approximate surface area is 117 Å². The fourth-order valence-electron chi connectivity index (χ4n) is 1.71. The first-order valence-electron chi connectivity index (χ1n) is 5.83. The molecule has 1 aromatic carbocycles. The van der Waals surface area contributed by atoms with Gasteiger partial charge in [-0.25, -0.2) is 18.1 Å². The molecular weight excluding hydrogens is 280 g/mol. The summed E-state index contributed by atoms with van der Waals surface area (Å²) in [6.07, 6.45) is 3.35. The van der Waals surface area contributed by atoms with Gasteiger partial charge in [0.15, 0.2) is 0 Å². The van der Waals surface area contributed by atoms with Gasteiger partial charge in [-0.1, -0.05) is 0 Å². The van der Waals surface area contributed by atoms with E-state index in [1.165, 1.54) is 25.3 Å². The minimum atomic E-state index is -3.70. The van der Waals surface area contributed by atoms with Crippen molar-refractivity contribution in [2.75, 3.05) is 12.8 Å². The van der Waals surface area contributed by atoms with E-state index >= 15 is 0 Å². The minimum Gasteiger partial charge on any atom is -0.495 e. The number of anilines is 1. The van der Waals surface area contributed by atoms with Crippen LogP contribution in [0.15, 0.2) is 35.5 Å². The Morgan fingerprint density at radius 3 is 2.80 bits per heavy atom. The third kappa shape index (κ3) is 2.91. The molecule has 7 nitrogen and oxygen atoms in total. The van der Waals surface area contributed by atoms with Crippen LogP contribution in [0, 0.1) is 0 Å². The molecule has 2 rings (SSSR count). The van der Waals surface area contributed by atoms with Gasteiger partial charge in [0, 0.05) is 31.2 Å². The van der Waals surface area contributed by atoms with Crippen molar-refractivity contribution in [1.82, 2.24) is 14.3 Å². The van der Waals surface area contributed by atoms with Crippen LogP contribution in [0.3, 0.4) is 0 Å². The molecule has 0 spiro atoms. The third-order valence-corrected chi connectivity index (χ3v) is 4.26. The molecule has 20 heavy (non-hydrogen) atoms. The van der Waals surface area contributed by atoms with Crippen LogP contribution in [0.4, 0.5) is 5.69 Å². The quantitative estimate of drug-likeness (QED) is 0.782. The number of aryl methyl sites for hydroxylation is 1. The van der Waals surface area contributed by atoms with Crippen molar-refractivity contribution in [3.8, 4) is 5.75 Å². The largest absolute Gasteiger partial charge is 0.495 e. The van der Waals surface area contributed by atoms with E-state index in [0.717, 1.165) is 0 Å². The second kappa shape index (κ2) is 5.51. The van der Waals surface area contributed by atoms with Crippen molar-refractivity contribution in [3.05, 3.63) is 36.4 Å².